The fraction of sp³-hybridized carbons (Fsp3) is 0.395. The molecule has 4 saturated heterocycles. The van der Waals surface area contributed by atoms with Crippen LogP contribution < -0.4 is 24.6 Å². The van der Waals surface area contributed by atoms with E-state index in [0.717, 1.165) is 86.9 Å². The number of ether oxygens (including phenoxy) is 1. The lowest BCUT2D eigenvalue weighted by molar-refractivity contribution is -0.136. The quantitative estimate of drug-likeness (QED) is 0.183. The minimum absolute atomic E-state index is 0.0559. The van der Waals surface area contributed by atoms with Crippen LogP contribution in [0.1, 0.15) is 58.4 Å². The van der Waals surface area contributed by atoms with Crippen molar-refractivity contribution in [1.82, 2.24) is 30.1 Å². The summed E-state index contributed by atoms with van der Waals surface area (Å²) in [7, 11) is -2.50. The van der Waals surface area contributed by atoms with Gasteiger partial charge in [-0.2, -0.15) is 5.10 Å². The minimum atomic E-state index is -4.01. The van der Waals surface area contributed by atoms with E-state index in [4.69, 9.17) is 9.26 Å². The van der Waals surface area contributed by atoms with Gasteiger partial charge in [-0.25, -0.2) is 8.42 Å². The van der Waals surface area contributed by atoms with Crippen LogP contribution in [-0.4, -0.2) is 116 Å². The number of rotatable bonds is 11. The number of methoxy groups -OCH3 is 1. The van der Waals surface area contributed by atoms with Gasteiger partial charge in [0, 0.05) is 68.3 Å². The monoisotopic (exact) mass is 847 g/mol. The summed E-state index contributed by atoms with van der Waals surface area (Å²) in [4.78, 5) is 58.9. The minimum Gasteiger partial charge on any atom is -0.496 e. The van der Waals surface area contributed by atoms with E-state index in [1.807, 2.05) is 30.5 Å². The molecule has 4 fully saturated rings. The Balaban J connectivity index is 0.724. The average Bonchev–Trinajstić information content (AvgIpc) is 4.06. The smallest absolute Gasteiger partial charge is 0.263 e. The number of aromatic nitrogens is 3. The van der Waals surface area contributed by atoms with Crippen LogP contribution in [0.5, 0.6) is 5.75 Å². The van der Waals surface area contributed by atoms with E-state index in [1.165, 1.54) is 7.11 Å². The van der Waals surface area contributed by atoms with Crippen molar-refractivity contribution < 1.29 is 36.9 Å². The second-order valence-electron chi connectivity index (χ2n) is 16.9. The molecule has 0 aliphatic carbocycles. The van der Waals surface area contributed by atoms with Gasteiger partial charge in [0.05, 0.1) is 29.7 Å². The van der Waals surface area contributed by atoms with E-state index in [1.54, 1.807) is 47.3 Å². The standard InChI is InChI=1S/C43H45N9O8S/c1-59-35-18-28(24-51-14-3-13-44-51)19-36-38(35)39(46-60-36)47-61(57,58)31-5-2-4-29(20-31)50-25-43(26-50)11-16-48(17-12-43)22-27-10-15-49(23-27)30-6-7-32-33(21-30)42(56)52(41(32)55)34-8-9-37(53)45-40(34)54/h2-7,13-14,18-21,27,34H,8-12,15-17,22-26H2,1H3,(H,46,47)(H,45,53,54)/t27-,34?/m1/s1. The molecule has 0 radical (unpaired) electrons. The van der Waals surface area contributed by atoms with Gasteiger partial charge in [-0.1, -0.05) is 11.2 Å². The zero-order valence-corrected chi connectivity index (χ0v) is 34.4. The lowest BCUT2D eigenvalue weighted by Gasteiger charge is -2.55. The van der Waals surface area contributed by atoms with Gasteiger partial charge < -0.3 is 24.0 Å². The van der Waals surface area contributed by atoms with Crippen LogP contribution in [0, 0.1) is 11.3 Å². The van der Waals surface area contributed by atoms with Crippen LogP contribution in [0.25, 0.3) is 11.0 Å². The molecule has 10 rings (SSSR count). The van der Waals surface area contributed by atoms with Gasteiger partial charge in [-0.05, 0) is 105 Å². The number of hydrogen-bond acceptors (Lipinski definition) is 13. The summed E-state index contributed by atoms with van der Waals surface area (Å²) in [6.07, 6.45) is 6.90. The van der Waals surface area contributed by atoms with Crippen LogP contribution in [0.15, 0.2) is 82.5 Å². The second kappa shape index (κ2) is 15.0. The number of likely N-dealkylation sites (tertiary alicyclic amines) is 1. The van der Waals surface area contributed by atoms with Crippen molar-refractivity contribution in [1.29, 1.82) is 0 Å². The first-order chi connectivity index (χ1) is 29.5. The zero-order valence-electron chi connectivity index (χ0n) is 33.6. The van der Waals surface area contributed by atoms with Gasteiger partial charge in [0.2, 0.25) is 11.8 Å². The fourth-order valence-electron chi connectivity index (χ4n) is 9.74. The Kier molecular flexibility index (Phi) is 9.58. The van der Waals surface area contributed by atoms with Gasteiger partial charge in [0.1, 0.15) is 17.2 Å². The molecule has 17 nitrogen and oxygen atoms in total. The summed E-state index contributed by atoms with van der Waals surface area (Å²) in [5, 5.41) is 11.0. The Morgan fingerprint density at radius 1 is 0.918 bits per heavy atom. The molecule has 5 aliphatic rings. The number of fused-ring (bicyclic) bond motifs is 2. The number of nitrogens with one attached hydrogen (secondary N) is 2. The Labute approximate surface area is 351 Å². The summed E-state index contributed by atoms with van der Waals surface area (Å²) in [6, 6.07) is 16.8. The summed E-state index contributed by atoms with van der Waals surface area (Å²) in [5.41, 5.74) is 3.78. The first-order valence-corrected chi connectivity index (χ1v) is 22.1. The Morgan fingerprint density at radius 2 is 1.72 bits per heavy atom. The highest BCUT2D eigenvalue weighted by Gasteiger charge is 2.47. The van der Waals surface area contributed by atoms with Crippen LogP contribution in [0.2, 0.25) is 0 Å². The van der Waals surface area contributed by atoms with Crippen molar-refractivity contribution >= 4 is 61.8 Å². The predicted molar refractivity (Wildman–Crippen MR) is 223 cm³/mol. The van der Waals surface area contributed by atoms with Crippen molar-refractivity contribution in [3.8, 4) is 5.75 Å². The highest BCUT2D eigenvalue weighted by Crippen LogP contribution is 2.44. The third-order valence-electron chi connectivity index (χ3n) is 13.0. The van der Waals surface area contributed by atoms with Gasteiger partial charge in [-0.15, -0.1) is 0 Å². The number of imide groups is 2. The number of anilines is 3. The van der Waals surface area contributed by atoms with E-state index in [0.29, 0.717) is 34.7 Å². The maximum absolute atomic E-state index is 13.7. The molecule has 3 aromatic carbocycles. The molecule has 18 heteroatoms. The largest absolute Gasteiger partial charge is 0.496 e. The average molecular weight is 848 g/mol. The van der Waals surface area contributed by atoms with E-state index < -0.39 is 39.7 Å². The summed E-state index contributed by atoms with van der Waals surface area (Å²) in [6.45, 7) is 6.86. The maximum atomic E-state index is 13.7. The normalized spacial score (nSPS) is 21.6. The van der Waals surface area contributed by atoms with Crippen LogP contribution in [0.4, 0.5) is 17.2 Å². The number of carbonyl (C=O) groups excluding carboxylic acids is 4. The Bertz CT molecular complexity index is 2680. The van der Waals surface area contributed by atoms with E-state index in [2.05, 4.69) is 35.0 Å². The summed E-state index contributed by atoms with van der Waals surface area (Å²) in [5.74, 6) is -1.05. The number of piperidine rings is 2. The Hall–Kier alpha value is -6.27. The molecule has 5 aliphatic heterocycles. The fourth-order valence-corrected chi connectivity index (χ4v) is 10.8. The van der Waals surface area contributed by atoms with Gasteiger partial charge >= 0.3 is 0 Å². The summed E-state index contributed by atoms with van der Waals surface area (Å²) >= 11 is 0. The van der Waals surface area contributed by atoms with Gasteiger partial charge in [0.15, 0.2) is 11.4 Å². The van der Waals surface area contributed by atoms with E-state index in [9.17, 15) is 27.6 Å². The predicted octanol–water partition coefficient (Wildman–Crippen LogP) is 3.71. The summed E-state index contributed by atoms with van der Waals surface area (Å²) < 4.78 is 43.0. The molecule has 2 aromatic heterocycles. The van der Waals surface area contributed by atoms with Crippen molar-refractivity contribution in [2.24, 2.45) is 11.3 Å². The molecule has 1 spiro atoms. The second-order valence-corrected chi connectivity index (χ2v) is 18.6. The number of sulfonamides is 1. The number of amides is 4. The number of nitrogens with zero attached hydrogens (tertiary/aromatic N) is 7. The third-order valence-corrected chi connectivity index (χ3v) is 14.3. The first-order valence-electron chi connectivity index (χ1n) is 20.6. The molecule has 316 valence electrons. The molecule has 2 N–H and O–H groups in total. The lowest BCUT2D eigenvalue weighted by Crippen LogP contribution is -2.60. The molecule has 7 heterocycles. The van der Waals surface area contributed by atoms with Gasteiger partial charge in [-0.3, -0.25) is 38.8 Å². The molecule has 1 unspecified atom stereocenters. The topological polar surface area (TPSA) is 193 Å². The highest BCUT2D eigenvalue weighted by atomic mass is 32.2. The van der Waals surface area contributed by atoms with Crippen molar-refractivity contribution in [3.05, 3.63) is 89.7 Å². The Morgan fingerprint density at radius 3 is 2.49 bits per heavy atom. The van der Waals surface area contributed by atoms with Crippen LogP contribution in [0.3, 0.4) is 0 Å². The van der Waals surface area contributed by atoms with E-state index in [-0.39, 0.29) is 34.5 Å². The zero-order chi connectivity index (χ0) is 42.0. The molecule has 0 bridgehead atoms. The van der Waals surface area contributed by atoms with E-state index >= 15 is 0 Å². The molecule has 2 atom stereocenters. The van der Waals surface area contributed by atoms with Crippen LogP contribution in [-0.2, 0) is 26.2 Å². The number of benzene rings is 3. The third kappa shape index (κ3) is 7.16. The van der Waals surface area contributed by atoms with Crippen LogP contribution >= 0.6 is 0 Å². The SMILES string of the molecule is COc1cc(Cn2cccn2)cc2onc(NS(=O)(=O)c3cccc(N4CC5(CCN(C[C@H]6CCN(c7ccc8c(c7)C(=O)N(C7CCC(=O)NC7=O)C8=O)C6)CC5)C4)c3)c12. The maximum Gasteiger partial charge on any atom is 0.263 e. The molecule has 61 heavy (non-hydrogen) atoms. The first kappa shape index (κ1) is 38.9. The number of carbonyl (C=O) groups is 4. The molecular formula is C43H45N9O8S. The lowest BCUT2D eigenvalue weighted by atomic mass is 9.71. The van der Waals surface area contributed by atoms with Crippen molar-refractivity contribution in [3.63, 3.8) is 0 Å². The number of hydrogen-bond donors (Lipinski definition) is 2. The highest BCUT2D eigenvalue weighted by molar-refractivity contribution is 7.92. The molecular weight excluding hydrogens is 803 g/mol. The molecule has 0 saturated carbocycles. The molecule has 5 aromatic rings. The molecule has 4 amide bonds. The van der Waals surface area contributed by atoms with Crippen molar-refractivity contribution in [2.75, 3.05) is 67.4 Å². The van der Waals surface area contributed by atoms with Gasteiger partial charge in [0.25, 0.3) is 21.8 Å². The van der Waals surface area contributed by atoms with Crippen molar-refractivity contribution in [2.45, 2.75) is 49.6 Å².